The minimum Gasteiger partial charge on any atom is -0.438 e. The molecular weight excluding hydrogens is 504 g/mol. The van der Waals surface area contributed by atoms with Gasteiger partial charge in [0.15, 0.2) is 6.79 Å². The number of nitrogens with zero attached hydrogens (tertiary/aromatic N) is 2. The van der Waals surface area contributed by atoms with Gasteiger partial charge in [-0.15, -0.1) is 0 Å². The zero-order valence-electron chi connectivity index (χ0n) is 18.5. The Hall–Kier alpha value is -2.69. The van der Waals surface area contributed by atoms with E-state index in [2.05, 4.69) is 4.98 Å². The van der Waals surface area contributed by atoms with Gasteiger partial charge in [-0.05, 0) is 32.9 Å². The zero-order valence-corrected chi connectivity index (χ0v) is 20.2. The van der Waals surface area contributed by atoms with Gasteiger partial charge in [-0.1, -0.05) is 18.5 Å². The maximum Gasteiger partial charge on any atom is 0.417 e. The zero-order chi connectivity index (χ0) is 25.9. The van der Waals surface area contributed by atoms with Crippen LogP contribution in [0.2, 0.25) is 5.02 Å². The Morgan fingerprint density at radius 3 is 2.38 bits per heavy atom. The van der Waals surface area contributed by atoms with Crippen molar-refractivity contribution in [2.45, 2.75) is 33.9 Å². The molecule has 0 aliphatic heterocycles. The first-order chi connectivity index (χ1) is 15.6. The van der Waals surface area contributed by atoms with Gasteiger partial charge in [0.1, 0.15) is 16.1 Å². The molecule has 0 aliphatic carbocycles. The molecule has 0 fully saturated rings. The molecule has 1 unspecified atom stereocenters. The lowest BCUT2D eigenvalue weighted by Crippen LogP contribution is -2.24. The highest BCUT2D eigenvalue weighted by atomic mass is 35.5. The number of benzene rings is 1. The van der Waals surface area contributed by atoms with Crippen molar-refractivity contribution in [3.8, 4) is 11.6 Å². The molecule has 0 saturated carbocycles. The summed E-state index contributed by atoms with van der Waals surface area (Å²) in [5.74, 6) is -1.18. The van der Waals surface area contributed by atoms with Crippen molar-refractivity contribution in [3.63, 3.8) is 0 Å². The average Bonchev–Trinajstić information content (AvgIpc) is 2.73. The highest BCUT2D eigenvalue weighted by Crippen LogP contribution is 2.49. The van der Waals surface area contributed by atoms with Gasteiger partial charge in [0, 0.05) is 24.5 Å². The van der Waals surface area contributed by atoms with Gasteiger partial charge in [0.25, 0.3) is 5.69 Å². The number of nitro benzene ring substituents is 1. The van der Waals surface area contributed by atoms with Crippen LogP contribution in [0.25, 0.3) is 0 Å². The smallest absolute Gasteiger partial charge is 0.417 e. The van der Waals surface area contributed by atoms with E-state index < -0.39 is 58.8 Å². The first-order valence-electron chi connectivity index (χ1n) is 9.69. The maximum absolute atomic E-state index is 13.4. The van der Waals surface area contributed by atoms with Crippen molar-refractivity contribution in [2.24, 2.45) is 5.41 Å². The number of nitro groups is 1. The first kappa shape index (κ1) is 27.6. The summed E-state index contributed by atoms with van der Waals surface area (Å²) in [6.07, 6.45) is -4.35. The summed E-state index contributed by atoms with van der Waals surface area (Å²) >= 11 is 5.84. The molecule has 0 amide bonds. The molecule has 1 aromatic carbocycles. The van der Waals surface area contributed by atoms with Gasteiger partial charge < -0.3 is 9.47 Å². The lowest BCUT2D eigenvalue weighted by Gasteiger charge is -2.20. The Balaban J connectivity index is 2.37. The molecule has 186 valence electrons. The highest BCUT2D eigenvalue weighted by molar-refractivity contribution is 7.67. The molecule has 0 spiro atoms. The van der Waals surface area contributed by atoms with E-state index in [0.717, 1.165) is 18.2 Å². The summed E-state index contributed by atoms with van der Waals surface area (Å²) in [6.45, 7) is 5.54. The molecule has 0 radical (unpaired) electrons. The summed E-state index contributed by atoms with van der Waals surface area (Å²) in [6, 6.07) is 3.79. The molecule has 34 heavy (non-hydrogen) atoms. The van der Waals surface area contributed by atoms with Crippen molar-refractivity contribution in [1.29, 1.82) is 0 Å². The second-order valence-electron chi connectivity index (χ2n) is 7.94. The highest BCUT2D eigenvalue weighted by Gasteiger charge is 2.35. The van der Waals surface area contributed by atoms with Crippen molar-refractivity contribution in [3.05, 3.63) is 51.2 Å². The van der Waals surface area contributed by atoms with Crippen LogP contribution in [0.3, 0.4) is 0 Å². The SMILES string of the molecule is CCP(=O)(OCOC(=O)C(C)(C)C)c1cc(Oc2ncc(C(F)(F)F)cc2Cl)ccc1[N+](=O)[O-]. The first-order valence-corrected chi connectivity index (χ1v) is 11.9. The fraction of sp³-hybridized carbons (Fsp3) is 0.400. The van der Waals surface area contributed by atoms with Crippen molar-refractivity contribution < 1.29 is 41.5 Å². The number of pyridine rings is 1. The number of esters is 1. The van der Waals surface area contributed by atoms with Crippen LogP contribution in [-0.2, 0) is 24.8 Å². The summed E-state index contributed by atoms with van der Waals surface area (Å²) in [5, 5.41) is 10.7. The van der Waals surface area contributed by atoms with Gasteiger partial charge in [-0.2, -0.15) is 13.2 Å². The second-order valence-corrected chi connectivity index (χ2v) is 11.1. The second kappa shape index (κ2) is 10.3. The normalized spacial score (nSPS) is 13.8. The van der Waals surface area contributed by atoms with Crippen LogP contribution in [0.5, 0.6) is 11.6 Å². The van der Waals surface area contributed by atoms with Gasteiger partial charge in [0.2, 0.25) is 13.2 Å². The fourth-order valence-electron chi connectivity index (χ4n) is 2.47. The van der Waals surface area contributed by atoms with Gasteiger partial charge in [-0.25, -0.2) is 4.98 Å². The van der Waals surface area contributed by atoms with Crippen LogP contribution in [0.1, 0.15) is 33.3 Å². The lowest BCUT2D eigenvalue weighted by molar-refractivity contribution is -0.383. The maximum atomic E-state index is 13.4. The predicted molar refractivity (Wildman–Crippen MR) is 117 cm³/mol. The molecule has 2 aromatic rings. The van der Waals surface area contributed by atoms with Crippen LogP contribution in [0.4, 0.5) is 18.9 Å². The summed E-state index contributed by atoms with van der Waals surface area (Å²) in [4.78, 5) is 26.2. The van der Waals surface area contributed by atoms with Crippen LogP contribution in [0.15, 0.2) is 30.5 Å². The third-order valence-electron chi connectivity index (χ3n) is 4.34. The van der Waals surface area contributed by atoms with Crippen LogP contribution < -0.4 is 10.0 Å². The van der Waals surface area contributed by atoms with Gasteiger partial charge in [0.05, 0.1) is 15.9 Å². The quantitative estimate of drug-likeness (QED) is 0.137. The van der Waals surface area contributed by atoms with E-state index in [9.17, 15) is 32.6 Å². The monoisotopic (exact) mass is 524 g/mol. The molecular formula is C20H21ClF3N2O7P. The van der Waals surface area contributed by atoms with Crippen molar-refractivity contribution >= 4 is 35.9 Å². The molecule has 1 aromatic heterocycles. The Morgan fingerprint density at radius 2 is 1.88 bits per heavy atom. The van der Waals surface area contributed by atoms with E-state index in [-0.39, 0.29) is 17.2 Å². The number of aromatic nitrogens is 1. The third kappa shape index (κ3) is 6.68. The topological polar surface area (TPSA) is 118 Å². The molecule has 14 heteroatoms. The lowest BCUT2D eigenvalue weighted by atomic mass is 9.98. The largest absolute Gasteiger partial charge is 0.438 e. The minimum absolute atomic E-state index is 0.140. The van der Waals surface area contributed by atoms with E-state index in [1.54, 1.807) is 20.8 Å². The third-order valence-corrected chi connectivity index (χ3v) is 7.06. The number of carbonyl (C=O) groups excluding carboxylic acids is 1. The summed E-state index contributed by atoms with van der Waals surface area (Å²) in [5.41, 5.74) is -2.50. The fourth-order valence-corrected chi connectivity index (χ4v) is 4.39. The summed E-state index contributed by atoms with van der Waals surface area (Å²) in [7, 11) is -3.93. The minimum atomic E-state index is -4.67. The molecule has 0 saturated heterocycles. The molecule has 0 N–H and O–H groups in total. The average molecular weight is 525 g/mol. The van der Waals surface area contributed by atoms with Crippen LogP contribution in [-0.4, -0.2) is 28.8 Å². The molecule has 1 heterocycles. The van der Waals surface area contributed by atoms with Gasteiger partial charge in [-0.3, -0.25) is 24.0 Å². The van der Waals surface area contributed by atoms with Crippen LogP contribution >= 0.6 is 19.0 Å². The van der Waals surface area contributed by atoms with E-state index >= 15 is 0 Å². The number of alkyl halides is 3. The van der Waals surface area contributed by atoms with E-state index in [1.165, 1.54) is 6.92 Å². The molecule has 1 atom stereocenters. The summed E-state index contributed by atoms with van der Waals surface area (Å²) < 4.78 is 67.5. The Morgan fingerprint density at radius 1 is 1.24 bits per heavy atom. The van der Waals surface area contributed by atoms with E-state index in [0.29, 0.717) is 12.3 Å². The molecule has 0 aliphatic rings. The Kier molecular flexibility index (Phi) is 8.34. The number of carbonyl (C=O) groups is 1. The Bertz CT molecular complexity index is 1140. The van der Waals surface area contributed by atoms with Gasteiger partial charge >= 0.3 is 12.1 Å². The van der Waals surface area contributed by atoms with Crippen LogP contribution in [0, 0.1) is 15.5 Å². The predicted octanol–water partition coefficient (Wildman–Crippen LogP) is 5.94. The number of hydrogen-bond donors (Lipinski definition) is 0. The molecule has 2 rings (SSSR count). The van der Waals surface area contributed by atoms with Crippen molar-refractivity contribution in [1.82, 2.24) is 4.98 Å². The standard InChI is InChI=1S/C20H21ClF3N2O7P/c1-5-34(30,32-11-31-18(27)19(2,3)4)16-9-13(6-7-15(16)26(28)29)33-17-14(21)8-12(10-25-17)20(22,23)24/h6-10H,5,11H2,1-4H3. The number of rotatable bonds is 8. The molecule has 9 nitrogen and oxygen atoms in total. The molecule has 0 bridgehead atoms. The Labute approximate surface area is 197 Å². The number of halogens is 4. The number of hydrogen-bond acceptors (Lipinski definition) is 8. The number of ether oxygens (including phenoxy) is 2. The van der Waals surface area contributed by atoms with E-state index in [1.807, 2.05) is 0 Å². The van der Waals surface area contributed by atoms with Crippen molar-refractivity contribution in [2.75, 3.05) is 13.0 Å². The van der Waals surface area contributed by atoms with E-state index in [4.69, 9.17) is 25.6 Å².